The molecule has 76 valence electrons. The normalized spacial score (nSPS) is 24.9. The third kappa shape index (κ3) is 1.88. The van der Waals surface area contributed by atoms with Crippen LogP contribution >= 0.6 is 11.8 Å². The topological polar surface area (TPSA) is 12.5 Å². The molecule has 1 saturated carbocycles. The number of thioether (sulfide) groups is 1. The van der Waals surface area contributed by atoms with Gasteiger partial charge < -0.3 is 4.74 Å². The Hall–Kier alpha value is 0.270. The van der Waals surface area contributed by atoms with Crippen LogP contribution in [-0.2, 0) is 4.74 Å². The Kier molecular flexibility index (Phi) is 2.60. The second kappa shape index (κ2) is 3.44. The molecule has 1 saturated heterocycles. The number of hydrogen-bond acceptors (Lipinski definition) is 3. The summed E-state index contributed by atoms with van der Waals surface area (Å²) in [4.78, 5) is 2.96. The molecule has 0 spiro atoms. The first-order valence-corrected chi connectivity index (χ1v) is 6.29. The quantitative estimate of drug-likeness (QED) is 0.645. The molecule has 0 aromatic heterocycles. The van der Waals surface area contributed by atoms with E-state index < -0.39 is 0 Å². The summed E-state index contributed by atoms with van der Waals surface area (Å²) in [7, 11) is 0. The lowest BCUT2D eigenvalue weighted by Gasteiger charge is -2.46. The predicted molar refractivity (Wildman–Crippen MR) is 57.1 cm³/mol. The van der Waals surface area contributed by atoms with Crippen LogP contribution in [0.4, 0.5) is 0 Å². The smallest absolute Gasteiger partial charge is 0.0645 e. The fraction of sp³-hybridized carbons (Fsp3) is 1.00. The van der Waals surface area contributed by atoms with Crippen LogP contribution < -0.4 is 0 Å². The largest absolute Gasteiger partial charge is 0.378 e. The highest BCUT2D eigenvalue weighted by atomic mass is 32.2. The molecule has 0 aromatic carbocycles. The Bertz CT molecular complexity index is 187. The van der Waals surface area contributed by atoms with E-state index in [0.29, 0.717) is 6.04 Å². The van der Waals surface area contributed by atoms with Crippen LogP contribution in [0.2, 0.25) is 0 Å². The SMILES string of the molecule is CSC(C)(C)N(C1CC1)C1COC1. The van der Waals surface area contributed by atoms with Crippen molar-refractivity contribution in [2.75, 3.05) is 19.5 Å². The van der Waals surface area contributed by atoms with Crippen molar-refractivity contribution in [1.29, 1.82) is 0 Å². The van der Waals surface area contributed by atoms with Crippen molar-refractivity contribution in [2.45, 2.75) is 43.6 Å². The molecule has 2 aliphatic rings. The summed E-state index contributed by atoms with van der Waals surface area (Å²) < 4.78 is 5.28. The van der Waals surface area contributed by atoms with E-state index in [4.69, 9.17) is 4.74 Å². The van der Waals surface area contributed by atoms with Gasteiger partial charge in [0.2, 0.25) is 0 Å². The van der Waals surface area contributed by atoms with Gasteiger partial charge in [0.25, 0.3) is 0 Å². The van der Waals surface area contributed by atoms with Crippen LogP contribution in [0, 0.1) is 0 Å². The Labute approximate surface area is 85.0 Å². The van der Waals surface area contributed by atoms with Crippen molar-refractivity contribution in [3.63, 3.8) is 0 Å². The first-order chi connectivity index (χ1) is 6.15. The highest BCUT2D eigenvalue weighted by molar-refractivity contribution is 7.99. The molecule has 0 amide bonds. The summed E-state index contributed by atoms with van der Waals surface area (Å²) in [6.45, 7) is 6.55. The summed E-state index contributed by atoms with van der Waals surface area (Å²) >= 11 is 1.95. The molecule has 13 heavy (non-hydrogen) atoms. The van der Waals surface area contributed by atoms with Crippen molar-refractivity contribution < 1.29 is 4.74 Å². The van der Waals surface area contributed by atoms with Crippen molar-refractivity contribution in [3.05, 3.63) is 0 Å². The summed E-state index contributed by atoms with van der Waals surface area (Å²) in [5.74, 6) is 0. The van der Waals surface area contributed by atoms with E-state index in [-0.39, 0.29) is 4.87 Å². The molecule has 0 radical (unpaired) electrons. The first-order valence-electron chi connectivity index (χ1n) is 5.06. The van der Waals surface area contributed by atoms with Gasteiger partial charge in [-0.1, -0.05) is 0 Å². The lowest BCUT2D eigenvalue weighted by molar-refractivity contribution is -0.0841. The minimum Gasteiger partial charge on any atom is -0.378 e. The average molecular weight is 201 g/mol. The minimum absolute atomic E-state index is 0.287. The lowest BCUT2D eigenvalue weighted by Crippen LogP contribution is -2.57. The van der Waals surface area contributed by atoms with Gasteiger partial charge in [0.15, 0.2) is 0 Å². The molecule has 0 aromatic rings. The number of ether oxygens (including phenoxy) is 1. The fourth-order valence-corrected chi connectivity index (χ4v) is 2.53. The summed E-state index contributed by atoms with van der Waals surface area (Å²) in [6, 6.07) is 1.53. The minimum atomic E-state index is 0.287. The van der Waals surface area contributed by atoms with Crippen molar-refractivity contribution in [2.24, 2.45) is 0 Å². The van der Waals surface area contributed by atoms with Gasteiger partial charge in [-0.25, -0.2) is 0 Å². The lowest BCUT2D eigenvalue weighted by atomic mass is 10.1. The van der Waals surface area contributed by atoms with Gasteiger partial charge in [-0.2, -0.15) is 0 Å². The second-order valence-corrected chi connectivity index (χ2v) is 5.89. The van der Waals surface area contributed by atoms with Gasteiger partial charge in [-0.3, -0.25) is 4.90 Å². The van der Waals surface area contributed by atoms with Crippen molar-refractivity contribution in [1.82, 2.24) is 4.90 Å². The molecular weight excluding hydrogens is 182 g/mol. The van der Waals surface area contributed by atoms with E-state index >= 15 is 0 Å². The van der Waals surface area contributed by atoms with E-state index in [0.717, 1.165) is 19.3 Å². The van der Waals surface area contributed by atoms with Gasteiger partial charge in [-0.05, 0) is 32.9 Å². The molecule has 2 fully saturated rings. The van der Waals surface area contributed by atoms with E-state index in [1.54, 1.807) is 0 Å². The Balaban J connectivity index is 2.03. The molecule has 1 aliphatic carbocycles. The van der Waals surface area contributed by atoms with Crippen LogP contribution in [0.1, 0.15) is 26.7 Å². The number of hydrogen-bond donors (Lipinski definition) is 0. The van der Waals surface area contributed by atoms with Crippen LogP contribution in [0.3, 0.4) is 0 Å². The monoisotopic (exact) mass is 201 g/mol. The van der Waals surface area contributed by atoms with Crippen LogP contribution in [0.5, 0.6) is 0 Å². The Morgan fingerprint density at radius 3 is 2.15 bits per heavy atom. The van der Waals surface area contributed by atoms with E-state index in [1.165, 1.54) is 12.8 Å². The highest BCUT2D eigenvalue weighted by Gasteiger charge is 2.44. The maximum absolute atomic E-state index is 5.28. The van der Waals surface area contributed by atoms with Crippen LogP contribution in [-0.4, -0.2) is 41.3 Å². The Morgan fingerprint density at radius 1 is 1.23 bits per heavy atom. The molecule has 2 nitrogen and oxygen atoms in total. The zero-order valence-corrected chi connectivity index (χ0v) is 9.56. The van der Waals surface area contributed by atoms with E-state index in [2.05, 4.69) is 25.0 Å². The molecule has 0 bridgehead atoms. The fourth-order valence-electron chi connectivity index (χ4n) is 2.02. The third-order valence-electron chi connectivity index (χ3n) is 3.08. The van der Waals surface area contributed by atoms with E-state index in [9.17, 15) is 0 Å². The third-order valence-corrected chi connectivity index (χ3v) is 4.29. The highest BCUT2D eigenvalue weighted by Crippen LogP contribution is 2.40. The standard InChI is InChI=1S/C10H19NOS/c1-10(2,13-3)11(8-4-5-8)9-6-12-7-9/h8-9H,4-7H2,1-3H3. The second-order valence-electron chi connectivity index (χ2n) is 4.48. The van der Waals surface area contributed by atoms with Crippen molar-refractivity contribution >= 4 is 11.8 Å². The van der Waals surface area contributed by atoms with Gasteiger partial charge in [0, 0.05) is 6.04 Å². The van der Waals surface area contributed by atoms with E-state index in [1.807, 2.05) is 11.8 Å². The molecule has 1 heterocycles. The average Bonchev–Trinajstić information content (AvgIpc) is 2.78. The summed E-state index contributed by atoms with van der Waals surface area (Å²) in [5.41, 5.74) is 0. The zero-order chi connectivity index (χ0) is 9.47. The molecule has 0 unspecified atom stereocenters. The summed E-state index contributed by atoms with van der Waals surface area (Å²) in [5, 5.41) is 0. The van der Waals surface area contributed by atoms with Crippen LogP contribution in [0.25, 0.3) is 0 Å². The molecular formula is C10H19NOS. The zero-order valence-electron chi connectivity index (χ0n) is 8.75. The number of rotatable bonds is 4. The molecule has 3 heteroatoms. The molecule has 0 atom stereocenters. The maximum atomic E-state index is 5.28. The Morgan fingerprint density at radius 2 is 1.85 bits per heavy atom. The number of nitrogens with zero attached hydrogens (tertiary/aromatic N) is 1. The maximum Gasteiger partial charge on any atom is 0.0645 e. The molecule has 2 rings (SSSR count). The van der Waals surface area contributed by atoms with Gasteiger partial charge in [0.1, 0.15) is 0 Å². The summed E-state index contributed by atoms with van der Waals surface area (Å²) in [6.07, 6.45) is 4.98. The van der Waals surface area contributed by atoms with Gasteiger partial charge >= 0.3 is 0 Å². The molecule has 1 aliphatic heterocycles. The predicted octanol–water partition coefficient (Wildman–Crippen LogP) is 1.95. The van der Waals surface area contributed by atoms with Crippen LogP contribution in [0.15, 0.2) is 0 Å². The van der Waals surface area contributed by atoms with Crippen molar-refractivity contribution in [3.8, 4) is 0 Å². The molecule has 0 N–H and O–H groups in total. The first kappa shape index (κ1) is 9.81. The van der Waals surface area contributed by atoms with Gasteiger partial charge in [-0.15, -0.1) is 11.8 Å². The van der Waals surface area contributed by atoms with Gasteiger partial charge in [0.05, 0.1) is 24.1 Å².